The maximum atomic E-state index is 12.4. The van der Waals surface area contributed by atoms with E-state index in [9.17, 15) is 4.79 Å². The summed E-state index contributed by atoms with van der Waals surface area (Å²) in [6.07, 6.45) is 8.29. The van der Waals surface area contributed by atoms with Crippen LogP contribution in [0.4, 0.5) is 0 Å². The highest BCUT2D eigenvalue weighted by molar-refractivity contribution is 6.34. The van der Waals surface area contributed by atoms with Crippen LogP contribution in [0, 0.1) is 5.92 Å². The first kappa shape index (κ1) is 12.6. The minimum Gasteiger partial charge on any atom is -0.294 e. The molecule has 17 heavy (non-hydrogen) atoms. The summed E-state index contributed by atoms with van der Waals surface area (Å²) >= 11 is 6.09. The number of ketones is 1. The van der Waals surface area contributed by atoms with Crippen molar-refractivity contribution in [3.63, 3.8) is 0 Å². The Morgan fingerprint density at radius 1 is 1.00 bits per heavy atom. The molecule has 0 aromatic heterocycles. The molecule has 0 aliphatic heterocycles. The Hall–Kier alpha value is -0.820. The molecule has 0 heterocycles. The molecule has 1 aromatic rings. The maximum Gasteiger partial charge on any atom is 0.167 e. The van der Waals surface area contributed by atoms with Crippen LogP contribution in [0.5, 0.6) is 0 Å². The molecule has 92 valence electrons. The normalized spacial score (nSPS) is 18.4. The molecule has 0 spiro atoms. The number of halogens is 1. The number of hydrogen-bond acceptors (Lipinski definition) is 1. The molecular weight excluding hydrogens is 232 g/mol. The molecular formula is C15H19ClO. The predicted molar refractivity (Wildman–Crippen MR) is 71.6 cm³/mol. The van der Waals surface area contributed by atoms with Gasteiger partial charge in [-0.1, -0.05) is 55.8 Å². The zero-order chi connectivity index (χ0) is 12.1. The van der Waals surface area contributed by atoms with Gasteiger partial charge in [0.2, 0.25) is 0 Å². The van der Waals surface area contributed by atoms with E-state index in [1.807, 2.05) is 18.2 Å². The van der Waals surface area contributed by atoms with Crippen molar-refractivity contribution in [3.8, 4) is 0 Å². The van der Waals surface area contributed by atoms with Crippen molar-refractivity contribution in [2.75, 3.05) is 0 Å². The Morgan fingerprint density at radius 3 is 2.24 bits per heavy atom. The summed E-state index contributed by atoms with van der Waals surface area (Å²) in [4.78, 5) is 12.4. The molecule has 2 heteroatoms. The fraction of sp³-hybridized carbons (Fsp3) is 0.533. The second kappa shape index (κ2) is 6.20. The van der Waals surface area contributed by atoms with Crippen molar-refractivity contribution in [2.24, 2.45) is 5.92 Å². The molecule has 0 amide bonds. The van der Waals surface area contributed by atoms with E-state index in [0.717, 1.165) is 12.8 Å². The zero-order valence-electron chi connectivity index (χ0n) is 10.1. The van der Waals surface area contributed by atoms with Gasteiger partial charge in [0.05, 0.1) is 5.02 Å². The summed E-state index contributed by atoms with van der Waals surface area (Å²) in [5.74, 6) is 0.438. The average molecular weight is 251 g/mol. The molecule has 0 atom stereocenters. The van der Waals surface area contributed by atoms with Crippen LogP contribution in [0.1, 0.15) is 55.3 Å². The SMILES string of the molecule is O=C(c1ccccc1Cl)C1CCCCCCC1. The number of rotatable bonds is 2. The number of carbonyl (C=O) groups excluding carboxylic acids is 1. The molecule has 0 radical (unpaired) electrons. The summed E-state index contributed by atoms with van der Waals surface area (Å²) in [5, 5.41) is 0.597. The first-order chi connectivity index (χ1) is 8.29. The Bertz CT molecular complexity index is 378. The smallest absolute Gasteiger partial charge is 0.167 e. The van der Waals surface area contributed by atoms with Crippen LogP contribution in [0.3, 0.4) is 0 Å². The molecule has 0 saturated heterocycles. The van der Waals surface area contributed by atoms with Crippen molar-refractivity contribution < 1.29 is 4.79 Å². The molecule has 1 fully saturated rings. The molecule has 1 saturated carbocycles. The largest absolute Gasteiger partial charge is 0.294 e. The summed E-state index contributed by atoms with van der Waals surface area (Å²) in [5.41, 5.74) is 0.708. The van der Waals surface area contributed by atoms with E-state index in [2.05, 4.69) is 0 Å². The first-order valence-electron chi connectivity index (χ1n) is 6.58. The lowest BCUT2D eigenvalue weighted by atomic mass is 9.86. The predicted octanol–water partition coefficient (Wildman–Crippen LogP) is 4.88. The Kier molecular flexibility index (Phi) is 4.61. The third-order valence-corrected chi connectivity index (χ3v) is 3.94. The van der Waals surface area contributed by atoms with Crippen molar-refractivity contribution in [2.45, 2.75) is 44.9 Å². The van der Waals surface area contributed by atoms with Crippen LogP contribution >= 0.6 is 11.6 Å². The topological polar surface area (TPSA) is 17.1 Å². The van der Waals surface area contributed by atoms with Crippen LogP contribution in [0.25, 0.3) is 0 Å². The van der Waals surface area contributed by atoms with Crippen LogP contribution in [0.15, 0.2) is 24.3 Å². The van der Waals surface area contributed by atoms with Crippen LogP contribution in [0.2, 0.25) is 5.02 Å². The molecule has 0 unspecified atom stereocenters. The van der Waals surface area contributed by atoms with E-state index in [1.54, 1.807) is 6.07 Å². The minimum atomic E-state index is 0.190. The van der Waals surface area contributed by atoms with Gasteiger partial charge in [0.25, 0.3) is 0 Å². The Balaban J connectivity index is 2.10. The summed E-state index contributed by atoms with van der Waals surface area (Å²) in [7, 11) is 0. The van der Waals surface area contributed by atoms with Crippen LogP contribution < -0.4 is 0 Å². The van der Waals surface area contributed by atoms with Gasteiger partial charge >= 0.3 is 0 Å². The molecule has 1 aromatic carbocycles. The minimum absolute atomic E-state index is 0.190. The Labute approximate surface area is 108 Å². The van der Waals surface area contributed by atoms with Crippen LogP contribution in [-0.2, 0) is 0 Å². The lowest BCUT2D eigenvalue weighted by Crippen LogP contribution is -2.16. The highest BCUT2D eigenvalue weighted by atomic mass is 35.5. The van der Waals surface area contributed by atoms with E-state index in [1.165, 1.54) is 32.1 Å². The van der Waals surface area contributed by atoms with Gasteiger partial charge in [0, 0.05) is 11.5 Å². The summed E-state index contributed by atoms with van der Waals surface area (Å²) in [6, 6.07) is 7.42. The second-order valence-electron chi connectivity index (χ2n) is 4.89. The quantitative estimate of drug-likeness (QED) is 0.684. The Morgan fingerprint density at radius 2 is 1.59 bits per heavy atom. The molecule has 1 aliphatic rings. The molecule has 0 N–H and O–H groups in total. The monoisotopic (exact) mass is 250 g/mol. The van der Waals surface area contributed by atoms with Gasteiger partial charge in [-0.3, -0.25) is 4.79 Å². The fourth-order valence-electron chi connectivity index (χ4n) is 2.60. The first-order valence-corrected chi connectivity index (χ1v) is 6.95. The van der Waals surface area contributed by atoms with Gasteiger partial charge in [-0.25, -0.2) is 0 Å². The van der Waals surface area contributed by atoms with E-state index < -0.39 is 0 Å². The van der Waals surface area contributed by atoms with Gasteiger partial charge in [-0.2, -0.15) is 0 Å². The summed E-state index contributed by atoms with van der Waals surface area (Å²) in [6.45, 7) is 0. The fourth-order valence-corrected chi connectivity index (χ4v) is 2.83. The third kappa shape index (κ3) is 3.32. The van der Waals surface area contributed by atoms with E-state index in [-0.39, 0.29) is 11.7 Å². The van der Waals surface area contributed by atoms with E-state index in [0.29, 0.717) is 10.6 Å². The number of carbonyl (C=O) groups is 1. The van der Waals surface area contributed by atoms with Gasteiger partial charge in [0.1, 0.15) is 0 Å². The van der Waals surface area contributed by atoms with E-state index >= 15 is 0 Å². The lowest BCUT2D eigenvalue weighted by molar-refractivity contribution is 0.0898. The van der Waals surface area contributed by atoms with Gasteiger partial charge in [-0.05, 0) is 25.0 Å². The van der Waals surface area contributed by atoms with Crippen molar-refractivity contribution in [1.82, 2.24) is 0 Å². The molecule has 0 bridgehead atoms. The zero-order valence-corrected chi connectivity index (χ0v) is 10.9. The molecule has 1 nitrogen and oxygen atoms in total. The van der Waals surface area contributed by atoms with Crippen LogP contribution in [-0.4, -0.2) is 5.78 Å². The molecule has 1 aliphatic carbocycles. The number of hydrogen-bond donors (Lipinski definition) is 0. The highest BCUT2D eigenvalue weighted by Gasteiger charge is 2.22. The van der Waals surface area contributed by atoms with E-state index in [4.69, 9.17) is 11.6 Å². The van der Waals surface area contributed by atoms with Crippen molar-refractivity contribution in [1.29, 1.82) is 0 Å². The van der Waals surface area contributed by atoms with Gasteiger partial charge < -0.3 is 0 Å². The lowest BCUT2D eigenvalue weighted by Gasteiger charge is -2.18. The molecule has 2 rings (SSSR count). The highest BCUT2D eigenvalue weighted by Crippen LogP contribution is 2.27. The number of Topliss-reactive ketones (excluding diaryl/α,β-unsaturated/α-hetero) is 1. The standard InChI is InChI=1S/C15H19ClO/c16-14-11-7-6-10-13(14)15(17)12-8-4-2-1-3-5-9-12/h6-7,10-12H,1-5,8-9H2. The van der Waals surface area contributed by atoms with Crippen molar-refractivity contribution in [3.05, 3.63) is 34.9 Å². The van der Waals surface area contributed by atoms with Crippen molar-refractivity contribution >= 4 is 17.4 Å². The maximum absolute atomic E-state index is 12.4. The second-order valence-corrected chi connectivity index (χ2v) is 5.29. The third-order valence-electron chi connectivity index (χ3n) is 3.62. The van der Waals surface area contributed by atoms with Gasteiger partial charge in [-0.15, -0.1) is 0 Å². The number of benzene rings is 1. The average Bonchev–Trinajstić information content (AvgIpc) is 2.28. The van der Waals surface area contributed by atoms with Gasteiger partial charge in [0.15, 0.2) is 5.78 Å². The summed E-state index contributed by atoms with van der Waals surface area (Å²) < 4.78 is 0.